The summed E-state index contributed by atoms with van der Waals surface area (Å²) in [6, 6.07) is 0. The first-order chi connectivity index (χ1) is 12.7. The quantitative estimate of drug-likeness (QED) is 0.440. The van der Waals surface area contributed by atoms with Crippen molar-refractivity contribution in [2.45, 2.75) is 78.7 Å². The van der Waals surface area contributed by atoms with Crippen molar-refractivity contribution >= 4 is 5.71 Å². The summed E-state index contributed by atoms with van der Waals surface area (Å²) in [7, 11) is 0. The molecular formula is C23H38N2O2. The molecule has 3 saturated carbocycles. The molecule has 27 heavy (non-hydrogen) atoms. The highest BCUT2D eigenvalue weighted by Gasteiger charge is 2.60. The van der Waals surface area contributed by atoms with Crippen LogP contribution in [0.3, 0.4) is 0 Å². The average molecular weight is 375 g/mol. The molecule has 4 nitrogen and oxygen atoms in total. The lowest BCUT2D eigenvalue weighted by molar-refractivity contribution is -0.0670. The summed E-state index contributed by atoms with van der Waals surface area (Å²) < 4.78 is 0. The van der Waals surface area contributed by atoms with E-state index in [1.165, 1.54) is 37.8 Å². The van der Waals surface area contributed by atoms with Gasteiger partial charge < -0.3 is 15.7 Å². The fraction of sp³-hybridized carbons (Fsp3) is 0.870. The van der Waals surface area contributed by atoms with E-state index in [2.05, 4.69) is 38.9 Å². The first kappa shape index (κ1) is 19.4. The predicted octanol–water partition coefficient (Wildman–Crippen LogP) is 4.28. The van der Waals surface area contributed by atoms with Crippen LogP contribution in [-0.4, -0.2) is 30.1 Å². The highest BCUT2D eigenvalue weighted by Crippen LogP contribution is 2.66. The molecule has 3 N–H and O–H groups in total. The largest absolute Gasteiger partial charge is 0.394 e. The number of hydrogen-bond acceptors (Lipinski definition) is 4. The SMILES string of the molecule is CC1(C)C2=CC[C@H]3[C@@H]4CC[C@H](O)[C@@]4(C)CC[C@@H]3[C@@]2(C)CC/C1=N/OCCN. The molecule has 4 rings (SSSR count). The lowest BCUT2D eigenvalue weighted by Gasteiger charge is -2.60. The van der Waals surface area contributed by atoms with E-state index in [-0.39, 0.29) is 22.3 Å². The second-order valence-electron chi connectivity index (χ2n) is 10.6. The third kappa shape index (κ3) is 2.73. The summed E-state index contributed by atoms with van der Waals surface area (Å²) >= 11 is 0. The molecule has 0 aliphatic heterocycles. The molecule has 0 heterocycles. The van der Waals surface area contributed by atoms with Crippen molar-refractivity contribution in [1.29, 1.82) is 0 Å². The van der Waals surface area contributed by atoms with Crippen molar-refractivity contribution < 1.29 is 9.94 Å². The number of rotatable bonds is 3. The van der Waals surface area contributed by atoms with Crippen LogP contribution in [0, 0.1) is 34.0 Å². The maximum atomic E-state index is 10.6. The van der Waals surface area contributed by atoms with Gasteiger partial charge in [0, 0.05) is 12.0 Å². The molecule has 0 aromatic carbocycles. The summed E-state index contributed by atoms with van der Waals surface area (Å²) in [6.45, 7) is 10.5. The van der Waals surface area contributed by atoms with Crippen LogP contribution in [-0.2, 0) is 4.84 Å². The molecule has 0 radical (unpaired) electrons. The average Bonchev–Trinajstić information content (AvgIpc) is 2.92. The van der Waals surface area contributed by atoms with Crippen molar-refractivity contribution in [2.75, 3.05) is 13.2 Å². The Morgan fingerprint density at radius 2 is 1.93 bits per heavy atom. The molecule has 4 aliphatic rings. The first-order valence-electron chi connectivity index (χ1n) is 11.0. The number of nitrogens with zero attached hydrogens (tertiary/aromatic N) is 1. The number of aliphatic hydroxyl groups is 1. The molecule has 0 spiro atoms. The van der Waals surface area contributed by atoms with E-state index in [1.807, 2.05) is 0 Å². The molecular weight excluding hydrogens is 336 g/mol. The Morgan fingerprint density at radius 1 is 1.15 bits per heavy atom. The van der Waals surface area contributed by atoms with Gasteiger partial charge in [0.2, 0.25) is 0 Å². The zero-order valence-corrected chi connectivity index (χ0v) is 17.6. The number of aliphatic hydroxyl groups excluding tert-OH is 1. The standard InChI is InChI=1S/C23H38N2O2/c1-21(2)18-7-5-15-16-6-8-20(26)23(16,4)11-9-17(15)22(18,3)12-10-19(21)25-27-14-13-24/h7,15-17,20,26H,5-6,8-14,24H2,1-4H3/b25-19-/t15-,16-,17-,20-,22+,23-/m0/s1. The van der Waals surface area contributed by atoms with Gasteiger partial charge in [0.25, 0.3) is 0 Å². The first-order valence-corrected chi connectivity index (χ1v) is 11.0. The van der Waals surface area contributed by atoms with Crippen LogP contribution in [0.5, 0.6) is 0 Å². The number of fused-ring (bicyclic) bond motifs is 5. The van der Waals surface area contributed by atoms with Crippen molar-refractivity contribution in [3.63, 3.8) is 0 Å². The fourth-order valence-corrected chi connectivity index (χ4v) is 7.54. The predicted molar refractivity (Wildman–Crippen MR) is 109 cm³/mol. The smallest absolute Gasteiger partial charge is 0.129 e. The zero-order chi connectivity index (χ0) is 19.4. The molecule has 152 valence electrons. The summed E-state index contributed by atoms with van der Waals surface area (Å²) in [5.41, 5.74) is 8.68. The summed E-state index contributed by atoms with van der Waals surface area (Å²) in [5, 5.41) is 15.1. The molecule has 0 aromatic rings. The van der Waals surface area contributed by atoms with Crippen molar-refractivity contribution in [1.82, 2.24) is 0 Å². The van der Waals surface area contributed by atoms with Gasteiger partial charge in [-0.2, -0.15) is 0 Å². The Balaban J connectivity index is 1.65. The van der Waals surface area contributed by atoms with E-state index in [9.17, 15) is 5.11 Å². The van der Waals surface area contributed by atoms with Gasteiger partial charge in [-0.15, -0.1) is 0 Å². The summed E-state index contributed by atoms with van der Waals surface area (Å²) in [4.78, 5) is 5.47. The summed E-state index contributed by atoms with van der Waals surface area (Å²) in [5.74, 6) is 2.16. The number of oxime groups is 1. The van der Waals surface area contributed by atoms with Gasteiger partial charge in [-0.05, 0) is 73.5 Å². The molecule has 4 aliphatic carbocycles. The molecule has 0 saturated heterocycles. The van der Waals surface area contributed by atoms with Gasteiger partial charge in [0.1, 0.15) is 6.61 Å². The monoisotopic (exact) mass is 374 g/mol. The van der Waals surface area contributed by atoms with Gasteiger partial charge in [0.05, 0.1) is 11.8 Å². The second-order valence-corrected chi connectivity index (χ2v) is 10.6. The minimum absolute atomic E-state index is 0.0392. The maximum Gasteiger partial charge on any atom is 0.129 e. The van der Waals surface area contributed by atoms with Crippen LogP contribution < -0.4 is 5.73 Å². The Kier molecular flexibility index (Phi) is 4.74. The van der Waals surface area contributed by atoms with Crippen molar-refractivity contribution in [3.8, 4) is 0 Å². The Bertz CT molecular complexity index is 655. The van der Waals surface area contributed by atoms with Crippen LogP contribution in [0.15, 0.2) is 16.8 Å². The van der Waals surface area contributed by atoms with Crippen LogP contribution in [0.4, 0.5) is 0 Å². The second kappa shape index (κ2) is 6.59. The minimum atomic E-state index is -0.0946. The molecule has 0 aromatic heterocycles. The van der Waals surface area contributed by atoms with Gasteiger partial charge in [-0.25, -0.2) is 0 Å². The van der Waals surface area contributed by atoms with Crippen molar-refractivity contribution in [2.24, 2.45) is 44.9 Å². The van der Waals surface area contributed by atoms with E-state index in [0.29, 0.717) is 19.1 Å². The highest BCUT2D eigenvalue weighted by atomic mass is 16.6. The molecule has 0 amide bonds. The summed E-state index contributed by atoms with van der Waals surface area (Å²) in [6.07, 6.45) is 10.5. The Hall–Kier alpha value is -0.870. The van der Waals surface area contributed by atoms with E-state index in [4.69, 9.17) is 10.6 Å². The lowest BCUT2D eigenvalue weighted by atomic mass is 9.45. The normalized spacial score (nSPS) is 47.0. The number of allylic oxidation sites excluding steroid dienone is 2. The van der Waals surface area contributed by atoms with E-state index < -0.39 is 0 Å². The lowest BCUT2D eigenvalue weighted by Crippen LogP contribution is -2.54. The molecule has 6 atom stereocenters. The van der Waals surface area contributed by atoms with Crippen LogP contribution in [0.2, 0.25) is 0 Å². The minimum Gasteiger partial charge on any atom is -0.394 e. The van der Waals surface area contributed by atoms with Gasteiger partial charge >= 0.3 is 0 Å². The Morgan fingerprint density at radius 3 is 2.67 bits per heavy atom. The third-order valence-corrected chi connectivity index (χ3v) is 9.07. The van der Waals surface area contributed by atoms with Crippen LogP contribution in [0.25, 0.3) is 0 Å². The van der Waals surface area contributed by atoms with E-state index in [0.717, 1.165) is 24.7 Å². The van der Waals surface area contributed by atoms with Crippen molar-refractivity contribution in [3.05, 3.63) is 11.6 Å². The van der Waals surface area contributed by atoms with Crippen LogP contribution >= 0.6 is 0 Å². The highest BCUT2D eigenvalue weighted by molar-refractivity contribution is 5.93. The van der Waals surface area contributed by atoms with E-state index >= 15 is 0 Å². The van der Waals surface area contributed by atoms with Crippen LogP contribution in [0.1, 0.15) is 72.6 Å². The zero-order valence-electron chi connectivity index (χ0n) is 17.6. The molecule has 0 bridgehead atoms. The number of hydrogen-bond donors (Lipinski definition) is 2. The fourth-order valence-electron chi connectivity index (χ4n) is 7.54. The van der Waals surface area contributed by atoms with E-state index in [1.54, 1.807) is 5.57 Å². The number of nitrogens with two attached hydrogens (primary N) is 1. The molecule has 3 fully saturated rings. The van der Waals surface area contributed by atoms with Gasteiger partial charge in [-0.3, -0.25) is 0 Å². The van der Waals surface area contributed by atoms with Gasteiger partial charge in [-0.1, -0.05) is 44.5 Å². The third-order valence-electron chi connectivity index (χ3n) is 9.07. The Labute approximate surface area is 164 Å². The topological polar surface area (TPSA) is 67.8 Å². The maximum absolute atomic E-state index is 10.6. The molecule has 0 unspecified atom stereocenters. The van der Waals surface area contributed by atoms with Gasteiger partial charge in [0.15, 0.2) is 0 Å². The molecule has 4 heteroatoms.